The van der Waals surface area contributed by atoms with Crippen molar-refractivity contribution in [1.29, 1.82) is 0 Å². The van der Waals surface area contributed by atoms with Crippen molar-refractivity contribution in [3.63, 3.8) is 0 Å². The summed E-state index contributed by atoms with van der Waals surface area (Å²) in [6.07, 6.45) is 3.17. The number of benzene rings is 2. The third kappa shape index (κ3) is 5.53. The van der Waals surface area contributed by atoms with Gasteiger partial charge in [-0.3, -0.25) is 4.79 Å². The number of carbonyl (C=O) groups excluding carboxylic acids is 1. The highest BCUT2D eigenvalue weighted by atomic mass is 16.5. The number of nitrogens with zero attached hydrogens (tertiary/aromatic N) is 4. The maximum Gasteiger partial charge on any atom is 0.251 e. The van der Waals surface area contributed by atoms with Gasteiger partial charge in [0.25, 0.3) is 5.91 Å². The molecule has 2 aromatic heterocycles. The van der Waals surface area contributed by atoms with E-state index in [1.807, 2.05) is 62.4 Å². The molecule has 2 aromatic carbocycles. The summed E-state index contributed by atoms with van der Waals surface area (Å²) in [4.78, 5) is 21.0. The Kier molecular flexibility index (Phi) is 7.07. The van der Waals surface area contributed by atoms with Gasteiger partial charge < -0.3 is 15.4 Å². The molecule has 2 N–H and O–H groups in total. The number of hydrogen-bond acceptors (Lipinski definition) is 7. The van der Waals surface area contributed by atoms with Crippen LogP contribution < -0.4 is 15.4 Å². The molecular formula is C26H26N6O2. The normalized spacial score (nSPS) is 11.5. The summed E-state index contributed by atoms with van der Waals surface area (Å²) in [5, 5.41) is 15.0. The fourth-order valence-electron chi connectivity index (χ4n) is 3.53. The number of nitrogens with one attached hydrogen (secondary N) is 2. The molecule has 1 amide bonds. The third-order valence-corrected chi connectivity index (χ3v) is 5.42. The Balaban J connectivity index is 1.38. The van der Waals surface area contributed by atoms with Crippen molar-refractivity contribution < 1.29 is 9.53 Å². The van der Waals surface area contributed by atoms with Gasteiger partial charge in [-0.15, -0.1) is 5.10 Å². The van der Waals surface area contributed by atoms with E-state index in [4.69, 9.17) is 4.74 Å². The molecule has 34 heavy (non-hydrogen) atoms. The second kappa shape index (κ2) is 10.5. The Morgan fingerprint density at radius 1 is 1.06 bits per heavy atom. The molecule has 2 heterocycles. The van der Waals surface area contributed by atoms with Crippen LogP contribution in [-0.4, -0.2) is 33.2 Å². The Morgan fingerprint density at radius 3 is 2.59 bits per heavy atom. The van der Waals surface area contributed by atoms with Crippen LogP contribution in [0.1, 0.15) is 40.1 Å². The van der Waals surface area contributed by atoms with Crippen LogP contribution in [0.5, 0.6) is 5.75 Å². The molecule has 0 saturated heterocycles. The molecule has 0 unspecified atom stereocenters. The highest BCUT2D eigenvalue weighted by Crippen LogP contribution is 2.20. The van der Waals surface area contributed by atoms with Crippen LogP contribution in [0.25, 0.3) is 11.4 Å². The molecule has 4 rings (SSSR count). The zero-order chi connectivity index (χ0) is 23.9. The van der Waals surface area contributed by atoms with Crippen LogP contribution in [-0.2, 0) is 6.54 Å². The quantitative estimate of drug-likeness (QED) is 0.408. The van der Waals surface area contributed by atoms with Crippen LogP contribution in [0.2, 0.25) is 0 Å². The predicted molar refractivity (Wildman–Crippen MR) is 130 cm³/mol. The fraction of sp³-hybridized carbons (Fsp3) is 0.192. The number of carbonyl (C=O) groups is 1. The van der Waals surface area contributed by atoms with Crippen molar-refractivity contribution in [2.24, 2.45) is 0 Å². The lowest BCUT2D eigenvalue weighted by Crippen LogP contribution is -2.26. The summed E-state index contributed by atoms with van der Waals surface area (Å²) in [6.45, 7) is 4.41. The molecule has 0 saturated carbocycles. The first kappa shape index (κ1) is 22.8. The minimum absolute atomic E-state index is 0.137. The Hall–Kier alpha value is -4.33. The van der Waals surface area contributed by atoms with Crippen LogP contribution in [0, 0.1) is 6.92 Å². The average Bonchev–Trinajstić information content (AvgIpc) is 2.88. The van der Waals surface area contributed by atoms with Crippen LogP contribution in [0.15, 0.2) is 73.2 Å². The number of aromatic nitrogens is 4. The van der Waals surface area contributed by atoms with E-state index in [9.17, 15) is 4.79 Å². The lowest BCUT2D eigenvalue weighted by atomic mass is 10.1. The van der Waals surface area contributed by atoms with Gasteiger partial charge in [-0.25, -0.2) is 9.97 Å². The van der Waals surface area contributed by atoms with E-state index in [2.05, 4.69) is 30.8 Å². The summed E-state index contributed by atoms with van der Waals surface area (Å²) in [5.41, 5.74) is 5.64. The van der Waals surface area contributed by atoms with Crippen molar-refractivity contribution in [2.45, 2.75) is 26.4 Å². The molecule has 0 radical (unpaired) electrons. The summed E-state index contributed by atoms with van der Waals surface area (Å²) >= 11 is 0. The van der Waals surface area contributed by atoms with E-state index in [1.54, 1.807) is 25.4 Å². The summed E-state index contributed by atoms with van der Waals surface area (Å²) in [5.74, 6) is 0.640. The van der Waals surface area contributed by atoms with Gasteiger partial charge in [0.1, 0.15) is 17.8 Å². The van der Waals surface area contributed by atoms with Crippen molar-refractivity contribution in [3.05, 3.63) is 95.6 Å². The van der Waals surface area contributed by atoms with Crippen LogP contribution in [0.4, 0.5) is 5.69 Å². The average molecular weight is 455 g/mol. The number of aryl methyl sites for hydroxylation is 1. The highest BCUT2D eigenvalue weighted by Gasteiger charge is 2.13. The van der Waals surface area contributed by atoms with Crippen molar-refractivity contribution in [3.8, 4) is 17.1 Å². The SMILES string of the molecule is COc1ccc([C@H](C)NC(=O)c2cccc(NCc3cc(C)c(-c4ccncn4)nn3)c2)cc1. The lowest BCUT2D eigenvalue weighted by molar-refractivity contribution is 0.0940. The van der Waals surface area contributed by atoms with Crippen LogP contribution >= 0.6 is 0 Å². The molecule has 0 aliphatic rings. The van der Waals surface area contributed by atoms with Gasteiger partial charge in [0.05, 0.1) is 31.1 Å². The lowest BCUT2D eigenvalue weighted by Gasteiger charge is -2.15. The second-order valence-corrected chi connectivity index (χ2v) is 7.86. The summed E-state index contributed by atoms with van der Waals surface area (Å²) in [6, 6.07) is 18.7. The van der Waals surface area contributed by atoms with E-state index in [0.717, 1.165) is 39.6 Å². The molecule has 172 valence electrons. The van der Waals surface area contributed by atoms with Crippen molar-refractivity contribution in [1.82, 2.24) is 25.5 Å². The first-order chi connectivity index (χ1) is 16.5. The standard InChI is InChI=1S/C26H26N6O2/c1-17-13-22(31-32-25(17)24-11-12-27-16-29-24)15-28-21-6-4-5-20(14-21)26(33)30-18(2)19-7-9-23(34-3)10-8-19/h4-14,16,18,28H,15H2,1-3H3,(H,30,33)/t18-/m0/s1. The first-order valence-electron chi connectivity index (χ1n) is 10.9. The third-order valence-electron chi connectivity index (χ3n) is 5.42. The molecule has 4 aromatic rings. The Bertz CT molecular complexity index is 1260. The molecule has 8 nitrogen and oxygen atoms in total. The zero-order valence-electron chi connectivity index (χ0n) is 19.3. The van der Waals surface area contributed by atoms with Gasteiger partial charge >= 0.3 is 0 Å². The molecule has 1 atom stereocenters. The molecule has 8 heteroatoms. The van der Waals surface area contributed by atoms with Gasteiger partial charge in [0.15, 0.2) is 0 Å². The van der Waals surface area contributed by atoms with Gasteiger partial charge in [0.2, 0.25) is 0 Å². The van der Waals surface area contributed by atoms with Gasteiger partial charge in [-0.1, -0.05) is 18.2 Å². The molecule has 0 aliphatic carbocycles. The van der Waals surface area contributed by atoms with E-state index < -0.39 is 0 Å². The highest BCUT2D eigenvalue weighted by molar-refractivity contribution is 5.95. The van der Waals surface area contributed by atoms with Crippen molar-refractivity contribution in [2.75, 3.05) is 12.4 Å². The number of rotatable bonds is 8. The first-order valence-corrected chi connectivity index (χ1v) is 10.9. The second-order valence-electron chi connectivity index (χ2n) is 7.86. The minimum Gasteiger partial charge on any atom is -0.497 e. The monoisotopic (exact) mass is 454 g/mol. The Morgan fingerprint density at radius 2 is 1.88 bits per heavy atom. The molecule has 0 spiro atoms. The molecule has 0 aliphatic heterocycles. The van der Waals surface area contributed by atoms with E-state index >= 15 is 0 Å². The molecular weight excluding hydrogens is 428 g/mol. The maximum absolute atomic E-state index is 12.8. The van der Waals surface area contributed by atoms with Gasteiger partial charge in [0, 0.05) is 17.4 Å². The topological polar surface area (TPSA) is 102 Å². The zero-order valence-corrected chi connectivity index (χ0v) is 19.3. The van der Waals surface area contributed by atoms with E-state index in [-0.39, 0.29) is 11.9 Å². The van der Waals surface area contributed by atoms with E-state index in [1.165, 1.54) is 6.33 Å². The number of ether oxygens (including phenoxy) is 1. The number of methoxy groups -OCH3 is 1. The fourth-order valence-corrected chi connectivity index (χ4v) is 3.53. The number of anilines is 1. The largest absolute Gasteiger partial charge is 0.497 e. The Labute approximate surface area is 198 Å². The predicted octanol–water partition coefficient (Wildman–Crippen LogP) is 4.35. The van der Waals surface area contributed by atoms with E-state index in [0.29, 0.717) is 12.1 Å². The minimum atomic E-state index is -0.142. The number of amides is 1. The van der Waals surface area contributed by atoms with Gasteiger partial charge in [-0.05, 0) is 67.4 Å². The molecule has 0 fully saturated rings. The smallest absolute Gasteiger partial charge is 0.251 e. The van der Waals surface area contributed by atoms with Crippen LogP contribution in [0.3, 0.4) is 0 Å². The maximum atomic E-state index is 12.8. The molecule has 0 bridgehead atoms. The van der Waals surface area contributed by atoms with Gasteiger partial charge in [-0.2, -0.15) is 5.10 Å². The summed E-state index contributed by atoms with van der Waals surface area (Å²) < 4.78 is 5.19. The summed E-state index contributed by atoms with van der Waals surface area (Å²) in [7, 11) is 1.63. The van der Waals surface area contributed by atoms with Crippen molar-refractivity contribution >= 4 is 11.6 Å². The number of hydrogen-bond donors (Lipinski definition) is 2.